The Morgan fingerprint density at radius 1 is 1.43 bits per heavy atom. The van der Waals surface area contributed by atoms with Gasteiger partial charge in [0.25, 0.3) is 0 Å². The summed E-state index contributed by atoms with van der Waals surface area (Å²) in [6.45, 7) is 3.64. The van der Waals surface area contributed by atoms with Crippen molar-refractivity contribution in [1.29, 1.82) is 0 Å². The van der Waals surface area contributed by atoms with Crippen molar-refractivity contribution in [3.8, 4) is 0 Å². The lowest BCUT2D eigenvalue weighted by Crippen LogP contribution is -2.27. The zero-order valence-electron chi connectivity index (χ0n) is 8.49. The molecule has 0 aliphatic carbocycles. The Hall–Kier alpha value is -0.710. The Labute approximate surface area is 88.0 Å². The first-order chi connectivity index (χ1) is 6.61. The third-order valence-electron chi connectivity index (χ3n) is 1.57. The Morgan fingerprint density at radius 2 is 2.07 bits per heavy atom. The minimum Gasteiger partial charge on any atom is -0.479 e. The van der Waals surface area contributed by atoms with Crippen molar-refractivity contribution in [2.75, 3.05) is 11.5 Å². The molecule has 0 bridgehead atoms. The third kappa shape index (κ3) is 5.85. The molecular weight excluding hydrogens is 204 g/mol. The first-order valence-corrected chi connectivity index (χ1v) is 5.77. The van der Waals surface area contributed by atoms with Crippen LogP contribution in [0.25, 0.3) is 0 Å². The smallest absolute Gasteiger partial charge is 0.345 e. The lowest BCUT2D eigenvalue weighted by molar-refractivity contribution is -0.163. The van der Waals surface area contributed by atoms with Gasteiger partial charge in [-0.25, -0.2) is 4.79 Å². The van der Waals surface area contributed by atoms with Gasteiger partial charge in [-0.3, -0.25) is 4.79 Å². The molecule has 0 amide bonds. The van der Waals surface area contributed by atoms with Gasteiger partial charge in [0.1, 0.15) is 0 Å². The summed E-state index contributed by atoms with van der Waals surface area (Å²) in [6.07, 6.45) is -0.397. The first-order valence-electron chi connectivity index (χ1n) is 4.61. The Morgan fingerprint density at radius 3 is 2.50 bits per heavy atom. The molecule has 0 heterocycles. The SMILES string of the molecule is CCSCCC(OC(=O)CC)C(=O)O. The maximum Gasteiger partial charge on any atom is 0.345 e. The molecule has 82 valence electrons. The molecule has 0 aromatic carbocycles. The fourth-order valence-electron chi connectivity index (χ4n) is 0.810. The molecule has 14 heavy (non-hydrogen) atoms. The number of aliphatic carboxylic acids is 1. The lowest BCUT2D eigenvalue weighted by Gasteiger charge is -2.12. The van der Waals surface area contributed by atoms with Gasteiger partial charge in [-0.2, -0.15) is 11.8 Å². The number of carboxylic acids is 1. The maximum absolute atomic E-state index is 10.9. The van der Waals surface area contributed by atoms with Crippen LogP contribution in [0, 0.1) is 0 Å². The Balaban J connectivity index is 3.90. The molecule has 1 unspecified atom stereocenters. The number of carboxylic acid groups (broad SMARTS) is 1. The van der Waals surface area contributed by atoms with Crippen LogP contribution in [0.5, 0.6) is 0 Å². The summed E-state index contributed by atoms with van der Waals surface area (Å²) in [6, 6.07) is 0. The van der Waals surface area contributed by atoms with Crippen LogP contribution >= 0.6 is 11.8 Å². The fraction of sp³-hybridized carbons (Fsp3) is 0.778. The van der Waals surface area contributed by atoms with E-state index in [1.54, 1.807) is 18.7 Å². The number of esters is 1. The number of ether oxygens (including phenoxy) is 1. The minimum atomic E-state index is -1.07. The second kappa shape index (κ2) is 7.67. The molecule has 5 heteroatoms. The minimum absolute atomic E-state index is 0.213. The summed E-state index contributed by atoms with van der Waals surface area (Å²) in [5, 5.41) is 8.73. The maximum atomic E-state index is 10.9. The molecule has 0 aromatic heterocycles. The van der Waals surface area contributed by atoms with Crippen LogP contribution in [0.1, 0.15) is 26.7 Å². The summed E-state index contributed by atoms with van der Waals surface area (Å²) < 4.78 is 4.76. The molecule has 0 saturated heterocycles. The summed E-state index contributed by atoms with van der Waals surface area (Å²) in [7, 11) is 0. The summed E-state index contributed by atoms with van der Waals surface area (Å²) in [5.41, 5.74) is 0. The van der Waals surface area contributed by atoms with Gasteiger partial charge in [-0.15, -0.1) is 0 Å². The monoisotopic (exact) mass is 220 g/mol. The predicted molar refractivity (Wildman–Crippen MR) is 55.4 cm³/mol. The number of carbonyl (C=O) groups excluding carboxylic acids is 1. The van der Waals surface area contributed by atoms with E-state index in [2.05, 4.69) is 0 Å². The van der Waals surface area contributed by atoms with E-state index >= 15 is 0 Å². The summed E-state index contributed by atoms with van der Waals surface area (Å²) in [5.74, 6) is 0.112. The van der Waals surface area contributed by atoms with Crippen molar-refractivity contribution < 1.29 is 19.4 Å². The van der Waals surface area contributed by atoms with Gasteiger partial charge in [0.05, 0.1) is 0 Å². The molecular formula is C9H16O4S. The molecule has 0 aliphatic heterocycles. The van der Waals surface area contributed by atoms with Gasteiger partial charge in [0.15, 0.2) is 6.10 Å². The number of thioether (sulfide) groups is 1. The topological polar surface area (TPSA) is 63.6 Å². The molecule has 4 nitrogen and oxygen atoms in total. The van der Waals surface area contributed by atoms with E-state index in [-0.39, 0.29) is 6.42 Å². The van der Waals surface area contributed by atoms with Crippen LogP contribution in [-0.2, 0) is 14.3 Å². The van der Waals surface area contributed by atoms with E-state index in [1.165, 1.54) is 0 Å². The Kier molecular flexibility index (Phi) is 7.28. The van der Waals surface area contributed by atoms with Gasteiger partial charge in [-0.05, 0) is 11.5 Å². The standard InChI is InChI=1S/C9H16O4S/c1-3-8(10)13-7(9(11)12)5-6-14-4-2/h7H,3-6H2,1-2H3,(H,11,12). The second-order valence-electron chi connectivity index (χ2n) is 2.66. The fourth-order valence-corrected chi connectivity index (χ4v) is 1.48. The number of carbonyl (C=O) groups is 2. The first kappa shape index (κ1) is 13.3. The number of rotatable bonds is 7. The van der Waals surface area contributed by atoms with Crippen LogP contribution in [0.2, 0.25) is 0 Å². The molecule has 1 atom stereocenters. The predicted octanol–water partition coefficient (Wildman–Crippen LogP) is 1.54. The van der Waals surface area contributed by atoms with Gasteiger partial charge in [0.2, 0.25) is 0 Å². The van der Waals surface area contributed by atoms with Gasteiger partial charge in [0, 0.05) is 12.8 Å². The average molecular weight is 220 g/mol. The van der Waals surface area contributed by atoms with Crippen molar-refractivity contribution in [2.24, 2.45) is 0 Å². The van der Waals surface area contributed by atoms with Crippen molar-refractivity contribution in [1.82, 2.24) is 0 Å². The molecule has 1 N–H and O–H groups in total. The highest BCUT2D eigenvalue weighted by atomic mass is 32.2. The number of hydrogen-bond acceptors (Lipinski definition) is 4. The van der Waals surface area contributed by atoms with Crippen molar-refractivity contribution in [3.05, 3.63) is 0 Å². The van der Waals surface area contributed by atoms with Crippen molar-refractivity contribution in [3.63, 3.8) is 0 Å². The quantitative estimate of drug-likeness (QED) is 0.521. The molecule has 0 radical (unpaired) electrons. The molecule has 0 aromatic rings. The zero-order chi connectivity index (χ0) is 11.0. The average Bonchev–Trinajstić information content (AvgIpc) is 2.16. The zero-order valence-corrected chi connectivity index (χ0v) is 9.30. The molecule has 0 fully saturated rings. The van der Waals surface area contributed by atoms with Crippen LogP contribution in [0.4, 0.5) is 0 Å². The number of hydrogen-bond donors (Lipinski definition) is 1. The van der Waals surface area contributed by atoms with E-state index < -0.39 is 18.0 Å². The normalized spacial score (nSPS) is 12.1. The van der Waals surface area contributed by atoms with Crippen LogP contribution < -0.4 is 0 Å². The van der Waals surface area contributed by atoms with E-state index in [9.17, 15) is 9.59 Å². The molecule has 0 aliphatic rings. The van der Waals surface area contributed by atoms with Gasteiger partial charge in [-0.1, -0.05) is 13.8 Å². The van der Waals surface area contributed by atoms with E-state index in [0.717, 1.165) is 5.75 Å². The summed E-state index contributed by atoms with van der Waals surface area (Å²) >= 11 is 1.63. The van der Waals surface area contributed by atoms with Crippen molar-refractivity contribution >= 4 is 23.7 Å². The Bertz CT molecular complexity index is 193. The van der Waals surface area contributed by atoms with E-state index in [1.807, 2.05) is 6.92 Å². The van der Waals surface area contributed by atoms with Crippen molar-refractivity contribution in [2.45, 2.75) is 32.8 Å². The molecule has 0 saturated carbocycles. The second-order valence-corrected chi connectivity index (χ2v) is 4.05. The lowest BCUT2D eigenvalue weighted by atomic mass is 10.3. The largest absolute Gasteiger partial charge is 0.479 e. The third-order valence-corrected chi connectivity index (χ3v) is 2.50. The van der Waals surface area contributed by atoms with Gasteiger partial charge >= 0.3 is 11.9 Å². The van der Waals surface area contributed by atoms with Crippen LogP contribution in [0.3, 0.4) is 0 Å². The molecule has 0 rings (SSSR count). The van der Waals surface area contributed by atoms with E-state index in [0.29, 0.717) is 12.2 Å². The highest BCUT2D eigenvalue weighted by Gasteiger charge is 2.20. The molecule has 0 spiro atoms. The van der Waals surface area contributed by atoms with Crippen LogP contribution in [-0.4, -0.2) is 34.7 Å². The summed E-state index contributed by atoms with van der Waals surface area (Å²) in [4.78, 5) is 21.5. The van der Waals surface area contributed by atoms with E-state index in [4.69, 9.17) is 9.84 Å². The van der Waals surface area contributed by atoms with Gasteiger partial charge < -0.3 is 9.84 Å². The highest BCUT2D eigenvalue weighted by Crippen LogP contribution is 2.08. The highest BCUT2D eigenvalue weighted by molar-refractivity contribution is 7.99. The van der Waals surface area contributed by atoms with Crippen LogP contribution in [0.15, 0.2) is 0 Å².